The van der Waals surface area contributed by atoms with Crippen molar-refractivity contribution in [2.45, 2.75) is 38.7 Å². The minimum Gasteiger partial charge on any atom is -0.480 e. The van der Waals surface area contributed by atoms with Crippen LogP contribution < -0.4 is 0 Å². The molecule has 1 rings (SSSR count). The summed E-state index contributed by atoms with van der Waals surface area (Å²) in [5.41, 5.74) is 5.03. The molecule has 0 saturated heterocycles. The molecule has 1 unspecified atom stereocenters. The summed E-state index contributed by atoms with van der Waals surface area (Å²) in [7, 11) is 0. The van der Waals surface area contributed by atoms with Gasteiger partial charge in [0, 0.05) is 5.75 Å². The van der Waals surface area contributed by atoms with Gasteiger partial charge in [0.2, 0.25) is 0 Å². The first-order valence-electron chi connectivity index (χ1n) is 5.33. The SMILES string of the molecule is Cc1cc(C)c(CSC(C)C(=O)O)c(C)c1. The molecule has 0 fully saturated rings. The van der Waals surface area contributed by atoms with Crippen molar-refractivity contribution < 1.29 is 9.90 Å². The van der Waals surface area contributed by atoms with Gasteiger partial charge < -0.3 is 5.11 Å². The molecule has 0 aliphatic carbocycles. The maximum absolute atomic E-state index is 10.7. The molecule has 0 spiro atoms. The van der Waals surface area contributed by atoms with E-state index in [9.17, 15) is 4.79 Å². The summed E-state index contributed by atoms with van der Waals surface area (Å²) >= 11 is 1.47. The van der Waals surface area contributed by atoms with E-state index in [0.717, 1.165) is 5.75 Å². The smallest absolute Gasteiger partial charge is 0.316 e. The lowest BCUT2D eigenvalue weighted by molar-refractivity contribution is -0.136. The van der Waals surface area contributed by atoms with Crippen molar-refractivity contribution in [2.75, 3.05) is 0 Å². The van der Waals surface area contributed by atoms with Crippen LogP contribution >= 0.6 is 11.8 Å². The van der Waals surface area contributed by atoms with Gasteiger partial charge in [0.15, 0.2) is 0 Å². The molecule has 0 aliphatic heterocycles. The quantitative estimate of drug-likeness (QED) is 0.874. The van der Waals surface area contributed by atoms with Crippen molar-refractivity contribution in [1.29, 1.82) is 0 Å². The Morgan fingerprint density at radius 2 is 1.81 bits per heavy atom. The molecular formula is C13H18O2S. The third kappa shape index (κ3) is 3.27. The number of aryl methyl sites for hydroxylation is 3. The second kappa shape index (κ2) is 5.39. The van der Waals surface area contributed by atoms with Crippen molar-refractivity contribution in [3.8, 4) is 0 Å². The standard InChI is InChI=1S/C13H18O2S/c1-8-5-9(2)12(10(3)6-8)7-16-11(4)13(14)15/h5-6,11H,7H2,1-4H3,(H,14,15). The lowest BCUT2D eigenvalue weighted by atomic mass is 10.0. The highest BCUT2D eigenvalue weighted by Gasteiger charge is 2.12. The van der Waals surface area contributed by atoms with Gasteiger partial charge in [-0.2, -0.15) is 0 Å². The first kappa shape index (κ1) is 13.1. The number of aliphatic carboxylic acids is 1. The third-order valence-electron chi connectivity index (χ3n) is 2.67. The minimum atomic E-state index is -0.743. The zero-order chi connectivity index (χ0) is 12.3. The molecule has 0 heterocycles. The van der Waals surface area contributed by atoms with Crippen LogP contribution in [0.15, 0.2) is 12.1 Å². The monoisotopic (exact) mass is 238 g/mol. The van der Waals surface area contributed by atoms with Gasteiger partial charge >= 0.3 is 5.97 Å². The van der Waals surface area contributed by atoms with Gasteiger partial charge in [-0.05, 0) is 44.4 Å². The molecule has 2 nitrogen and oxygen atoms in total. The molecule has 88 valence electrons. The topological polar surface area (TPSA) is 37.3 Å². The average molecular weight is 238 g/mol. The van der Waals surface area contributed by atoms with Crippen LogP contribution in [0.5, 0.6) is 0 Å². The summed E-state index contributed by atoms with van der Waals surface area (Å²) in [4.78, 5) is 10.7. The number of rotatable bonds is 4. The molecule has 3 heteroatoms. The van der Waals surface area contributed by atoms with Crippen LogP contribution in [0.25, 0.3) is 0 Å². The number of hydrogen-bond acceptors (Lipinski definition) is 2. The summed E-state index contributed by atoms with van der Waals surface area (Å²) in [6.07, 6.45) is 0. The van der Waals surface area contributed by atoms with E-state index in [1.54, 1.807) is 6.92 Å². The van der Waals surface area contributed by atoms with Gasteiger partial charge in [0.25, 0.3) is 0 Å². The lowest BCUT2D eigenvalue weighted by Gasteiger charge is -2.12. The fraction of sp³-hybridized carbons (Fsp3) is 0.462. The summed E-state index contributed by atoms with van der Waals surface area (Å²) in [6.45, 7) is 7.98. The summed E-state index contributed by atoms with van der Waals surface area (Å²) < 4.78 is 0. The molecule has 16 heavy (non-hydrogen) atoms. The number of thioether (sulfide) groups is 1. The minimum absolute atomic E-state index is 0.347. The molecule has 0 aliphatic rings. The number of benzene rings is 1. The predicted molar refractivity (Wildman–Crippen MR) is 69.0 cm³/mol. The van der Waals surface area contributed by atoms with Gasteiger partial charge in [-0.15, -0.1) is 11.8 Å². The highest BCUT2D eigenvalue weighted by atomic mass is 32.2. The molecule has 1 atom stereocenters. The second-order valence-electron chi connectivity index (χ2n) is 4.17. The maximum atomic E-state index is 10.7. The Labute approximate surface area is 101 Å². The highest BCUT2D eigenvalue weighted by molar-refractivity contribution is 7.99. The van der Waals surface area contributed by atoms with E-state index in [1.807, 2.05) is 0 Å². The van der Waals surface area contributed by atoms with E-state index in [0.29, 0.717) is 0 Å². The van der Waals surface area contributed by atoms with E-state index >= 15 is 0 Å². The van der Waals surface area contributed by atoms with Crippen molar-refractivity contribution in [1.82, 2.24) is 0 Å². The molecule has 0 amide bonds. The van der Waals surface area contributed by atoms with E-state index in [2.05, 4.69) is 32.9 Å². The predicted octanol–water partition coefficient (Wildman–Crippen LogP) is 3.32. The van der Waals surface area contributed by atoms with Crippen LogP contribution in [0.2, 0.25) is 0 Å². The van der Waals surface area contributed by atoms with Gasteiger partial charge in [0.1, 0.15) is 0 Å². The van der Waals surface area contributed by atoms with Crippen LogP contribution in [-0.4, -0.2) is 16.3 Å². The van der Waals surface area contributed by atoms with E-state index < -0.39 is 5.97 Å². The summed E-state index contributed by atoms with van der Waals surface area (Å²) in [5.74, 6) is 0.0261. The lowest BCUT2D eigenvalue weighted by Crippen LogP contribution is -2.12. The largest absolute Gasteiger partial charge is 0.480 e. The van der Waals surface area contributed by atoms with Crippen molar-refractivity contribution in [3.63, 3.8) is 0 Å². The van der Waals surface area contributed by atoms with Crippen molar-refractivity contribution in [3.05, 3.63) is 34.4 Å². The van der Waals surface area contributed by atoms with E-state index in [-0.39, 0.29) is 5.25 Å². The molecular weight excluding hydrogens is 220 g/mol. The second-order valence-corrected chi connectivity index (χ2v) is 5.50. The van der Waals surface area contributed by atoms with Crippen LogP contribution in [0.1, 0.15) is 29.2 Å². The molecule has 0 saturated carbocycles. The molecule has 0 radical (unpaired) electrons. The number of carbonyl (C=O) groups is 1. The normalized spacial score (nSPS) is 12.5. The van der Waals surface area contributed by atoms with Gasteiger partial charge in [0.05, 0.1) is 5.25 Å². The number of carboxylic acid groups (broad SMARTS) is 1. The Kier molecular flexibility index (Phi) is 4.42. The number of carboxylic acids is 1. The van der Waals surface area contributed by atoms with Crippen LogP contribution in [0, 0.1) is 20.8 Å². The molecule has 1 aromatic rings. The Balaban J connectivity index is 2.78. The van der Waals surface area contributed by atoms with Gasteiger partial charge in [-0.25, -0.2) is 0 Å². The summed E-state index contributed by atoms with van der Waals surface area (Å²) in [6, 6.07) is 4.29. The zero-order valence-corrected chi connectivity index (χ0v) is 11.0. The van der Waals surface area contributed by atoms with Crippen LogP contribution in [-0.2, 0) is 10.5 Å². The summed E-state index contributed by atoms with van der Waals surface area (Å²) in [5, 5.41) is 8.47. The highest BCUT2D eigenvalue weighted by Crippen LogP contribution is 2.24. The van der Waals surface area contributed by atoms with Crippen molar-refractivity contribution in [2.24, 2.45) is 0 Å². The van der Waals surface area contributed by atoms with Gasteiger partial charge in [-0.3, -0.25) is 4.79 Å². The first-order chi connectivity index (χ1) is 7.41. The molecule has 0 bridgehead atoms. The van der Waals surface area contributed by atoms with Crippen LogP contribution in [0.4, 0.5) is 0 Å². The zero-order valence-electron chi connectivity index (χ0n) is 10.2. The Morgan fingerprint density at radius 3 is 2.25 bits per heavy atom. The van der Waals surface area contributed by atoms with E-state index in [1.165, 1.54) is 34.0 Å². The third-order valence-corrected chi connectivity index (χ3v) is 3.82. The van der Waals surface area contributed by atoms with E-state index in [4.69, 9.17) is 5.11 Å². The average Bonchev–Trinajstić information content (AvgIpc) is 2.15. The Morgan fingerprint density at radius 1 is 1.31 bits per heavy atom. The Bertz CT molecular complexity index is 376. The maximum Gasteiger partial charge on any atom is 0.316 e. The van der Waals surface area contributed by atoms with Crippen LogP contribution in [0.3, 0.4) is 0 Å². The fourth-order valence-electron chi connectivity index (χ4n) is 1.72. The Hall–Kier alpha value is -0.960. The fourth-order valence-corrected chi connectivity index (χ4v) is 2.73. The van der Waals surface area contributed by atoms with Crippen molar-refractivity contribution >= 4 is 17.7 Å². The molecule has 1 N–H and O–H groups in total. The molecule has 0 aromatic heterocycles. The first-order valence-corrected chi connectivity index (χ1v) is 6.38. The van der Waals surface area contributed by atoms with Gasteiger partial charge in [-0.1, -0.05) is 17.7 Å². The number of hydrogen-bond donors (Lipinski definition) is 1. The molecule has 1 aromatic carbocycles.